The lowest BCUT2D eigenvalue weighted by atomic mass is 9.95. The monoisotopic (exact) mass is 586 g/mol. The Morgan fingerprint density at radius 2 is 1.12 bits per heavy atom. The van der Waals surface area contributed by atoms with Crippen LogP contribution in [0, 0.1) is 0 Å². The van der Waals surface area contributed by atoms with Crippen molar-refractivity contribution in [1.29, 1.82) is 0 Å². The van der Waals surface area contributed by atoms with Gasteiger partial charge < -0.3 is 80.3 Å². The summed E-state index contributed by atoms with van der Waals surface area (Å²) in [6, 6.07) is -1.43. The van der Waals surface area contributed by atoms with Gasteiger partial charge in [-0.15, -0.1) is 0 Å². The van der Waals surface area contributed by atoms with Gasteiger partial charge in [0.1, 0.15) is 73.2 Å². The third-order valence-corrected chi connectivity index (χ3v) is 6.87. The first-order chi connectivity index (χ1) is 18.8. The van der Waals surface area contributed by atoms with Gasteiger partial charge in [0.05, 0.1) is 19.8 Å². The molecule has 18 heteroatoms. The summed E-state index contributed by atoms with van der Waals surface area (Å²) in [7, 11) is 0. The molecule has 15 atom stereocenters. The van der Waals surface area contributed by atoms with Gasteiger partial charge >= 0.3 is 0 Å². The van der Waals surface area contributed by atoms with Crippen molar-refractivity contribution >= 4 is 11.8 Å². The number of amides is 2. The van der Waals surface area contributed by atoms with Crippen LogP contribution in [0.1, 0.15) is 13.8 Å². The topological polar surface area (TPSA) is 286 Å². The fraction of sp³-hybridized carbons (Fsp3) is 0.909. The minimum atomic E-state index is -1.92. The molecule has 0 unspecified atom stereocenters. The van der Waals surface area contributed by atoms with E-state index in [2.05, 4.69) is 10.6 Å². The van der Waals surface area contributed by atoms with Crippen molar-refractivity contribution < 1.29 is 79.2 Å². The Bertz CT molecular complexity index is 852. The van der Waals surface area contributed by atoms with Crippen molar-refractivity contribution in [3.05, 3.63) is 0 Å². The molecule has 40 heavy (non-hydrogen) atoms. The Morgan fingerprint density at radius 1 is 0.600 bits per heavy atom. The Labute approximate surface area is 228 Å². The van der Waals surface area contributed by atoms with Crippen molar-refractivity contribution in [1.82, 2.24) is 10.6 Å². The number of nitrogens with one attached hydrogen (secondary N) is 2. The van der Waals surface area contributed by atoms with Gasteiger partial charge in [0, 0.05) is 13.8 Å². The molecule has 0 saturated carbocycles. The maximum atomic E-state index is 11.7. The molecule has 18 nitrogen and oxygen atoms in total. The van der Waals surface area contributed by atoms with Crippen LogP contribution in [0.25, 0.3) is 0 Å². The van der Waals surface area contributed by atoms with Gasteiger partial charge in [0.2, 0.25) is 11.8 Å². The summed E-state index contributed by atoms with van der Waals surface area (Å²) in [6.07, 6.45) is -22.9. The summed E-state index contributed by atoms with van der Waals surface area (Å²) in [6.45, 7) is -0.108. The lowest BCUT2D eigenvalue weighted by molar-refractivity contribution is -0.366. The van der Waals surface area contributed by atoms with Crippen LogP contribution in [0.15, 0.2) is 0 Å². The summed E-state index contributed by atoms with van der Waals surface area (Å²) >= 11 is 0. The van der Waals surface area contributed by atoms with Crippen molar-refractivity contribution in [3.63, 3.8) is 0 Å². The number of ether oxygens (including phenoxy) is 5. The third-order valence-electron chi connectivity index (χ3n) is 6.87. The van der Waals surface area contributed by atoms with E-state index in [4.69, 9.17) is 23.7 Å². The molecular formula is C22H38N2O16. The Hall–Kier alpha value is -1.62. The van der Waals surface area contributed by atoms with Crippen LogP contribution < -0.4 is 10.6 Å². The van der Waals surface area contributed by atoms with Gasteiger partial charge in [-0.1, -0.05) is 0 Å². The van der Waals surface area contributed by atoms with Crippen LogP contribution in [0.2, 0.25) is 0 Å². The zero-order valence-electron chi connectivity index (χ0n) is 21.7. The standard InChI is InChI=1S/C22H38N2O16/c1-6(28)23-11-14(32)12(30)8(3-25)37-21(11)40-19-13(31)9(4-26)38-22(17(19)35)39-18-10(5-27)36-20(24-7(2)29)16(34)15(18)33/h8-22,25-27,30-35H,3-5H2,1-2H3,(H,23,28)(H,24,29)/t8-,9-,10-,11-,12-,13+,14-,15-,16-,17-,18-,19+,20+,21-,22+/m1/s1. The molecule has 0 aliphatic carbocycles. The number of rotatable bonds is 9. The van der Waals surface area contributed by atoms with E-state index < -0.39 is 124 Å². The second-order valence-corrected chi connectivity index (χ2v) is 9.80. The Balaban J connectivity index is 1.83. The summed E-state index contributed by atoms with van der Waals surface area (Å²) in [5, 5.41) is 97.2. The average Bonchev–Trinajstić information content (AvgIpc) is 2.90. The van der Waals surface area contributed by atoms with Crippen molar-refractivity contribution in [2.75, 3.05) is 19.8 Å². The normalized spacial score (nSPS) is 46.0. The molecule has 0 bridgehead atoms. The van der Waals surface area contributed by atoms with E-state index in [-0.39, 0.29) is 0 Å². The molecule has 11 N–H and O–H groups in total. The number of carbonyl (C=O) groups excluding carboxylic acids is 2. The number of aliphatic hydroxyl groups excluding tert-OH is 9. The maximum Gasteiger partial charge on any atom is 0.218 e. The average molecular weight is 587 g/mol. The smallest absolute Gasteiger partial charge is 0.218 e. The highest BCUT2D eigenvalue weighted by molar-refractivity contribution is 5.73. The largest absolute Gasteiger partial charge is 0.394 e. The van der Waals surface area contributed by atoms with E-state index in [9.17, 15) is 55.5 Å². The van der Waals surface area contributed by atoms with E-state index in [1.54, 1.807) is 0 Å². The van der Waals surface area contributed by atoms with Crippen molar-refractivity contribution in [2.24, 2.45) is 0 Å². The fourth-order valence-electron chi connectivity index (χ4n) is 4.80. The molecule has 3 aliphatic heterocycles. The number of hydrogen-bond donors (Lipinski definition) is 11. The van der Waals surface area contributed by atoms with Gasteiger partial charge in [-0.2, -0.15) is 0 Å². The zero-order chi connectivity index (χ0) is 29.9. The van der Waals surface area contributed by atoms with Crippen LogP contribution >= 0.6 is 0 Å². The minimum absolute atomic E-state index is 0.596. The molecule has 3 rings (SSSR count). The maximum absolute atomic E-state index is 11.7. The minimum Gasteiger partial charge on any atom is -0.394 e. The van der Waals surface area contributed by atoms with Gasteiger partial charge in [-0.05, 0) is 0 Å². The van der Waals surface area contributed by atoms with Gasteiger partial charge in [0.15, 0.2) is 18.8 Å². The van der Waals surface area contributed by atoms with E-state index in [0.29, 0.717) is 0 Å². The summed E-state index contributed by atoms with van der Waals surface area (Å²) in [4.78, 5) is 23.1. The SMILES string of the molecule is CC(=O)N[C@H]1[C@@H](O[C@H]2[C@@H](O)[C@@H](CO)O[C@@H](O[C@H]3[C@H](O)[C@@H](O)[C@@H](NC(C)=O)O[C@@H]3CO)[C@@H]2O)O[C@H](CO)[C@@H](O)[C@@H]1O. The van der Waals surface area contributed by atoms with Crippen LogP contribution in [0.4, 0.5) is 0 Å². The van der Waals surface area contributed by atoms with Gasteiger partial charge in [0.25, 0.3) is 0 Å². The van der Waals surface area contributed by atoms with E-state index >= 15 is 0 Å². The third kappa shape index (κ3) is 7.05. The van der Waals surface area contributed by atoms with Gasteiger partial charge in [-0.3, -0.25) is 9.59 Å². The number of hydrogen-bond acceptors (Lipinski definition) is 16. The fourth-order valence-corrected chi connectivity index (χ4v) is 4.80. The van der Waals surface area contributed by atoms with Crippen molar-refractivity contribution in [2.45, 2.75) is 106 Å². The highest BCUT2D eigenvalue weighted by Gasteiger charge is 2.54. The first kappa shape index (κ1) is 32.9. The summed E-state index contributed by atoms with van der Waals surface area (Å²) < 4.78 is 27.7. The van der Waals surface area contributed by atoms with E-state index in [1.165, 1.54) is 0 Å². The lowest BCUT2D eigenvalue weighted by Gasteiger charge is -2.48. The predicted molar refractivity (Wildman–Crippen MR) is 124 cm³/mol. The quantitative estimate of drug-likeness (QED) is 0.120. The number of carbonyl (C=O) groups is 2. The molecular weight excluding hydrogens is 548 g/mol. The molecule has 0 aromatic heterocycles. The molecule has 0 spiro atoms. The molecule has 0 aromatic rings. The number of aliphatic hydroxyl groups is 9. The Kier molecular flexibility index (Phi) is 11.5. The predicted octanol–water partition coefficient (Wildman–Crippen LogP) is -7.29. The summed E-state index contributed by atoms with van der Waals surface area (Å²) in [5.74, 6) is -1.25. The Morgan fingerprint density at radius 3 is 1.68 bits per heavy atom. The summed E-state index contributed by atoms with van der Waals surface area (Å²) in [5.41, 5.74) is 0. The van der Waals surface area contributed by atoms with Crippen LogP contribution in [-0.4, -0.2) is 170 Å². The second-order valence-electron chi connectivity index (χ2n) is 9.80. The molecule has 3 saturated heterocycles. The molecule has 3 heterocycles. The highest BCUT2D eigenvalue weighted by Crippen LogP contribution is 2.32. The van der Waals surface area contributed by atoms with E-state index in [1.807, 2.05) is 0 Å². The first-order valence-electron chi connectivity index (χ1n) is 12.6. The van der Waals surface area contributed by atoms with Crippen molar-refractivity contribution in [3.8, 4) is 0 Å². The zero-order valence-corrected chi connectivity index (χ0v) is 21.7. The molecule has 232 valence electrons. The first-order valence-corrected chi connectivity index (χ1v) is 12.6. The molecule has 3 fully saturated rings. The molecule has 2 amide bonds. The van der Waals surface area contributed by atoms with Crippen LogP contribution in [-0.2, 0) is 33.3 Å². The van der Waals surface area contributed by atoms with Crippen LogP contribution in [0.3, 0.4) is 0 Å². The molecule has 3 aliphatic rings. The van der Waals surface area contributed by atoms with E-state index in [0.717, 1.165) is 13.8 Å². The van der Waals surface area contributed by atoms with Crippen LogP contribution in [0.5, 0.6) is 0 Å². The molecule has 0 radical (unpaired) electrons. The highest BCUT2D eigenvalue weighted by atomic mass is 16.7. The van der Waals surface area contributed by atoms with Gasteiger partial charge in [-0.25, -0.2) is 0 Å². The lowest BCUT2D eigenvalue weighted by Crippen LogP contribution is -2.69. The molecule has 0 aromatic carbocycles. The second kappa shape index (κ2) is 14.0.